The van der Waals surface area contributed by atoms with Crippen LogP contribution in [0.1, 0.15) is 27.9 Å². The van der Waals surface area contributed by atoms with Crippen LogP contribution in [0.15, 0.2) is 6.20 Å². The molecule has 0 spiro atoms. The Labute approximate surface area is 92.2 Å². The molecule has 0 aliphatic carbocycles. The second kappa shape index (κ2) is 4.52. The molecule has 15 heavy (non-hydrogen) atoms. The summed E-state index contributed by atoms with van der Waals surface area (Å²) in [6.45, 7) is 0. The van der Waals surface area contributed by atoms with Crippen molar-refractivity contribution in [3.05, 3.63) is 22.9 Å². The fourth-order valence-corrected chi connectivity index (χ4v) is 1.73. The summed E-state index contributed by atoms with van der Waals surface area (Å²) in [6.07, 6.45) is -2.06. The molecule has 0 atom stereocenters. The van der Waals surface area contributed by atoms with Crippen molar-refractivity contribution in [2.24, 2.45) is 0 Å². The van der Waals surface area contributed by atoms with Crippen LogP contribution in [0.4, 0.5) is 14.6 Å². The molecule has 0 aliphatic rings. The van der Waals surface area contributed by atoms with E-state index in [2.05, 4.69) is 20.9 Å². The summed E-state index contributed by atoms with van der Waals surface area (Å²) in [6, 6.07) is 0. The molecule has 1 aromatic rings. The van der Waals surface area contributed by atoms with E-state index >= 15 is 0 Å². The highest BCUT2D eigenvalue weighted by Crippen LogP contribution is 2.30. The number of rotatable bonds is 3. The van der Waals surface area contributed by atoms with Crippen LogP contribution in [-0.4, -0.2) is 16.1 Å². The molecule has 1 heterocycles. The number of halogens is 3. The average molecular weight is 281 g/mol. The van der Waals surface area contributed by atoms with Gasteiger partial charge in [-0.1, -0.05) is 15.9 Å². The lowest BCUT2D eigenvalue weighted by molar-refractivity contribution is 0.0683. The van der Waals surface area contributed by atoms with E-state index in [1.165, 1.54) is 0 Å². The Hall–Kier alpha value is -1.24. The zero-order valence-electron chi connectivity index (χ0n) is 7.38. The first-order valence-electron chi connectivity index (χ1n) is 3.83. The van der Waals surface area contributed by atoms with E-state index < -0.39 is 23.5 Å². The predicted molar refractivity (Wildman–Crippen MR) is 53.2 cm³/mol. The summed E-state index contributed by atoms with van der Waals surface area (Å²) in [5.41, 5.74) is 4.29. The Balaban J connectivity index is 3.49. The van der Waals surface area contributed by atoms with Crippen molar-refractivity contribution >= 4 is 27.7 Å². The summed E-state index contributed by atoms with van der Waals surface area (Å²) in [5, 5.41) is 8.73. The van der Waals surface area contributed by atoms with Crippen molar-refractivity contribution < 1.29 is 18.7 Å². The van der Waals surface area contributed by atoms with E-state index in [9.17, 15) is 13.6 Å². The highest BCUT2D eigenvalue weighted by Gasteiger charge is 2.23. The van der Waals surface area contributed by atoms with E-state index in [-0.39, 0.29) is 16.7 Å². The Morgan fingerprint density at radius 3 is 2.67 bits per heavy atom. The molecule has 0 saturated heterocycles. The SMILES string of the molecule is Nc1ncc(C(=O)O)c(C(F)F)c1CBr. The van der Waals surface area contributed by atoms with Gasteiger partial charge in [0.1, 0.15) is 5.82 Å². The number of pyridine rings is 1. The Morgan fingerprint density at radius 2 is 2.27 bits per heavy atom. The molecular formula is C8H7BrF2N2O2. The Bertz CT molecular complexity index is 398. The van der Waals surface area contributed by atoms with Gasteiger partial charge < -0.3 is 10.8 Å². The lowest BCUT2D eigenvalue weighted by Gasteiger charge is -2.11. The number of anilines is 1. The van der Waals surface area contributed by atoms with Gasteiger partial charge >= 0.3 is 5.97 Å². The number of nitrogens with zero attached hydrogens (tertiary/aromatic N) is 1. The van der Waals surface area contributed by atoms with Crippen LogP contribution < -0.4 is 5.73 Å². The van der Waals surface area contributed by atoms with Crippen molar-refractivity contribution in [3.63, 3.8) is 0 Å². The molecule has 3 N–H and O–H groups in total. The van der Waals surface area contributed by atoms with Crippen LogP contribution >= 0.6 is 15.9 Å². The van der Waals surface area contributed by atoms with Gasteiger partial charge in [-0.25, -0.2) is 18.6 Å². The molecular weight excluding hydrogens is 274 g/mol. The van der Waals surface area contributed by atoms with Crippen LogP contribution in [0.2, 0.25) is 0 Å². The average Bonchev–Trinajstić information content (AvgIpc) is 2.16. The van der Waals surface area contributed by atoms with Gasteiger partial charge in [-0.2, -0.15) is 0 Å². The fraction of sp³-hybridized carbons (Fsp3) is 0.250. The van der Waals surface area contributed by atoms with E-state index in [4.69, 9.17) is 10.8 Å². The molecule has 0 aliphatic heterocycles. The van der Waals surface area contributed by atoms with Gasteiger partial charge in [0.25, 0.3) is 6.43 Å². The molecule has 1 rings (SSSR count). The first kappa shape index (κ1) is 11.8. The standard InChI is InChI=1S/C8H7BrF2N2O2/c9-1-3-5(6(10)11)4(8(14)15)2-13-7(3)12/h2,6H,1H2,(H2,12,13)(H,14,15). The lowest BCUT2D eigenvalue weighted by Crippen LogP contribution is -2.10. The molecule has 1 aromatic heterocycles. The summed E-state index contributed by atoms with van der Waals surface area (Å²) in [7, 11) is 0. The normalized spacial score (nSPS) is 10.7. The van der Waals surface area contributed by atoms with Gasteiger partial charge in [-0.3, -0.25) is 0 Å². The molecule has 0 unspecified atom stereocenters. The fourth-order valence-electron chi connectivity index (χ4n) is 1.14. The summed E-state index contributed by atoms with van der Waals surface area (Å²) >= 11 is 2.96. The number of nitrogens with two attached hydrogens (primary N) is 1. The van der Waals surface area contributed by atoms with E-state index in [1.54, 1.807) is 0 Å². The third kappa shape index (κ3) is 2.23. The number of carboxylic acid groups (broad SMARTS) is 1. The number of aromatic nitrogens is 1. The molecule has 0 saturated carbocycles. The number of hydrogen-bond acceptors (Lipinski definition) is 3. The molecule has 0 amide bonds. The van der Waals surface area contributed by atoms with Crippen LogP contribution in [0, 0.1) is 0 Å². The zero-order chi connectivity index (χ0) is 11.6. The van der Waals surface area contributed by atoms with E-state index in [0.29, 0.717) is 0 Å². The van der Waals surface area contributed by atoms with Gasteiger partial charge in [0, 0.05) is 22.7 Å². The van der Waals surface area contributed by atoms with Crippen LogP contribution in [-0.2, 0) is 5.33 Å². The smallest absolute Gasteiger partial charge is 0.337 e. The topological polar surface area (TPSA) is 76.2 Å². The van der Waals surface area contributed by atoms with Crippen molar-refractivity contribution in [1.82, 2.24) is 4.98 Å². The van der Waals surface area contributed by atoms with Crippen molar-refractivity contribution in [2.45, 2.75) is 11.8 Å². The number of hydrogen-bond donors (Lipinski definition) is 2. The van der Waals surface area contributed by atoms with Gasteiger partial charge in [0.15, 0.2) is 0 Å². The van der Waals surface area contributed by atoms with Crippen LogP contribution in [0.25, 0.3) is 0 Å². The second-order valence-corrected chi connectivity index (χ2v) is 3.25. The molecule has 82 valence electrons. The lowest BCUT2D eigenvalue weighted by atomic mass is 10.1. The molecule has 0 radical (unpaired) electrons. The highest BCUT2D eigenvalue weighted by atomic mass is 79.9. The first-order valence-corrected chi connectivity index (χ1v) is 4.95. The third-order valence-electron chi connectivity index (χ3n) is 1.84. The monoisotopic (exact) mass is 280 g/mol. The Kier molecular flexibility index (Phi) is 3.57. The zero-order valence-corrected chi connectivity index (χ0v) is 8.96. The van der Waals surface area contributed by atoms with Crippen molar-refractivity contribution in [3.8, 4) is 0 Å². The predicted octanol–water partition coefficient (Wildman–Crippen LogP) is 2.19. The van der Waals surface area contributed by atoms with E-state index in [0.717, 1.165) is 6.20 Å². The van der Waals surface area contributed by atoms with Gasteiger partial charge in [0.2, 0.25) is 0 Å². The minimum absolute atomic E-state index is 0.0184. The van der Waals surface area contributed by atoms with Gasteiger partial charge in [0.05, 0.1) is 5.56 Å². The second-order valence-electron chi connectivity index (χ2n) is 2.69. The molecule has 4 nitrogen and oxygen atoms in total. The first-order chi connectivity index (χ1) is 6.99. The largest absolute Gasteiger partial charge is 0.478 e. The van der Waals surface area contributed by atoms with Crippen molar-refractivity contribution in [1.29, 1.82) is 0 Å². The Morgan fingerprint density at radius 1 is 1.67 bits per heavy atom. The number of alkyl halides is 3. The number of carbonyl (C=O) groups is 1. The summed E-state index contributed by atoms with van der Waals surface area (Å²) in [4.78, 5) is 14.2. The van der Waals surface area contributed by atoms with E-state index in [1.807, 2.05) is 0 Å². The summed E-state index contributed by atoms with van der Waals surface area (Å²) < 4.78 is 25.3. The third-order valence-corrected chi connectivity index (χ3v) is 2.40. The van der Waals surface area contributed by atoms with Crippen LogP contribution in [0.3, 0.4) is 0 Å². The summed E-state index contributed by atoms with van der Waals surface area (Å²) in [5.74, 6) is -1.54. The number of aromatic carboxylic acids is 1. The molecule has 0 bridgehead atoms. The van der Waals surface area contributed by atoms with Gasteiger partial charge in [-0.15, -0.1) is 0 Å². The maximum Gasteiger partial charge on any atom is 0.337 e. The van der Waals surface area contributed by atoms with Crippen molar-refractivity contribution in [2.75, 3.05) is 5.73 Å². The quantitative estimate of drug-likeness (QED) is 0.833. The number of carboxylic acids is 1. The maximum absolute atomic E-state index is 12.6. The molecule has 7 heteroatoms. The molecule has 0 aromatic carbocycles. The molecule has 0 fully saturated rings. The minimum Gasteiger partial charge on any atom is -0.478 e. The number of nitrogen functional groups attached to an aromatic ring is 1. The minimum atomic E-state index is -2.89. The highest BCUT2D eigenvalue weighted by molar-refractivity contribution is 9.08. The van der Waals surface area contributed by atoms with Gasteiger partial charge in [-0.05, 0) is 0 Å². The van der Waals surface area contributed by atoms with Crippen LogP contribution in [0.5, 0.6) is 0 Å². The maximum atomic E-state index is 12.6.